The van der Waals surface area contributed by atoms with Gasteiger partial charge in [-0.3, -0.25) is 9.52 Å². The van der Waals surface area contributed by atoms with E-state index in [1.165, 1.54) is 0 Å². The molecule has 2 aromatic carbocycles. The fourth-order valence-electron chi connectivity index (χ4n) is 3.22. The van der Waals surface area contributed by atoms with Gasteiger partial charge in [0.2, 0.25) is 0 Å². The molecule has 1 amide bonds. The van der Waals surface area contributed by atoms with Crippen LogP contribution in [-0.4, -0.2) is 38.9 Å². The van der Waals surface area contributed by atoms with Gasteiger partial charge in [0.05, 0.1) is 16.1 Å². The van der Waals surface area contributed by atoms with Gasteiger partial charge in [0, 0.05) is 13.1 Å². The number of rotatable bonds is 5. The number of nitrogens with zero attached hydrogens (tertiary/aromatic N) is 1. The molecule has 144 valence electrons. The number of aryl methyl sites for hydroxylation is 1. The standard InChI is InChI=1S/C20H25N3O3S/c1-15-6-8-17(9-7-15)27(25,26)22-19-5-3-2-4-18(19)20(24)23-12-10-16(14-21)11-13-23/h2-9,16,22H,10-14,21H2,1H3. The molecule has 0 aliphatic carbocycles. The fourth-order valence-corrected chi connectivity index (χ4v) is 4.30. The highest BCUT2D eigenvalue weighted by Gasteiger charge is 2.25. The average Bonchev–Trinajstić information content (AvgIpc) is 2.68. The molecule has 6 nitrogen and oxygen atoms in total. The smallest absolute Gasteiger partial charge is 0.261 e. The summed E-state index contributed by atoms with van der Waals surface area (Å²) < 4.78 is 28.0. The van der Waals surface area contributed by atoms with Gasteiger partial charge < -0.3 is 10.6 Å². The van der Waals surface area contributed by atoms with Crippen LogP contribution in [0.4, 0.5) is 5.69 Å². The largest absolute Gasteiger partial charge is 0.339 e. The quantitative estimate of drug-likeness (QED) is 0.825. The van der Waals surface area contributed by atoms with Crippen LogP contribution in [0.3, 0.4) is 0 Å². The Balaban J connectivity index is 1.82. The Morgan fingerprint density at radius 3 is 2.37 bits per heavy atom. The first kappa shape index (κ1) is 19.4. The number of carbonyl (C=O) groups excluding carboxylic acids is 1. The predicted octanol–water partition coefficient (Wildman–Crippen LogP) is 2.61. The van der Waals surface area contributed by atoms with E-state index in [0.717, 1.165) is 18.4 Å². The minimum Gasteiger partial charge on any atom is -0.339 e. The Hall–Kier alpha value is -2.38. The number of benzene rings is 2. The van der Waals surface area contributed by atoms with Crippen LogP contribution in [0.2, 0.25) is 0 Å². The van der Waals surface area contributed by atoms with Crippen LogP contribution in [0.25, 0.3) is 0 Å². The summed E-state index contributed by atoms with van der Waals surface area (Å²) in [5.74, 6) is 0.289. The van der Waals surface area contributed by atoms with Crippen LogP contribution in [0.5, 0.6) is 0 Å². The lowest BCUT2D eigenvalue weighted by Crippen LogP contribution is -2.40. The molecule has 1 aliphatic rings. The molecule has 0 unspecified atom stereocenters. The summed E-state index contributed by atoms with van der Waals surface area (Å²) in [5, 5.41) is 0. The third kappa shape index (κ3) is 4.48. The maximum absolute atomic E-state index is 12.9. The molecule has 2 aromatic rings. The molecule has 0 spiro atoms. The summed E-state index contributed by atoms with van der Waals surface area (Å²) in [5.41, 5.74) is 7.35. The molecule has 1 saturated heterocycles. The summed E-state index contributed by atoms with van der Waals surface area (Å²) >= 11 is 0. The summed E-state index contributed by atoms with van der Waals surface area (Å²) in [6.45, 7) is 3.81. The monoisotopic (exact) mass is 387 g/mol. The van der Waals surface area contributed by atoms with Gasteiger partial charge >= 0.3 is 0 Å². The summed E-state index contributed by atoms with van der Waals surface area (Å²) in [7, 11) is -3.77. The summed E-state index contributed by atoms with van der Waals surface area (Å²) in [6, 6.07) is 13.3. The van der Waals surface area contributed by atoms with E-state index in [2.05, 4.69) is 4.72 Å². The molecular formula is C20H25N3O3S. The van der Waals surface area contributed by atoms with E-state index in [1.54, 1.807) is 53.4 Å². The van der Waals surface area contributed by atoms with E-state index in [0.29, 0.717) is 36.8 Å². The third-order valence-electron chi connectivity index (χ3n) is 4.97. The molecule has 1 aliphatic heterocycles. The lowest BCUT2D eigenvalue weighted by atomic mass is 9.96. The van der Waals surface area contributed by atoms with E-state index in [-0.39, 0.29) is 10.8 Å². The van der Waals surface area contributed by atoms with Crippen molar-refractivity contribution in [2.75, 3.05) is 24.4 Å². The van der Waals surface area contributed by atoms with Gasteiger partial charge in [-0.05, 0) is 56.5 Å². The lowest BCUT2D eigenvalue weighted by molar-refractivity contribution is 0.0694. The third-order valence-corrected chi connectivity index (χ3v) is 6.35. The maximum Gasteiger partial charge on any atom is 0.261 e. The average molecular weight is 388 g/mol. The second-order valence-corrected chi connectivity index (χ2v) is 8.62. The summed E-state index contributed by atoms with van der Waals surface area (Å²) in [6.07, 6.45) is 1.75. The number of anilines is 1. The first-order chi connectivity index (χ1) is 12.9. The number of nitrogens with one attached hydrogen (secondary N) is 1. The molecule has 3 rings (SSSR count). The topological polar surface area (TPSA) is 92.5 Å². The van der Waals surface area contributed by atoms with Crippen molar-refractivity contribution in [1.82, 2.24) is 4.90 Å². The van der Waals surface area contributed by atoms with Gasteiger partial charge in [-0.2, -0.15) is 0 Å². The van der Waals surface area contributed by atoms with Gasteiger partial charge in [0.1, 0.15) is 0 Å². The first-order valence-electron chi connectivity index (χ1n) is 9.08. The Kier molecular flexibility index (Phi) is 5.82. The molecule has 27 heavy (non-hydrogen) atoms. The Morgan fingerprint density at radius 2 is 1.74 bits per heavy atom. The van der Waals surface area contributed by atoms with Crippen molar-refractivity contribution >= 4 is 21.6 Å². The molecular weight excluding hydrogens is 362 g/mol. The minimum absolute atomic E-state index is 0.160. The Labute approximate surface area is 160 Å². The number of likely N-dealkylation sites (tertiary alicyclic amines) is 1. The van der Waals surface area contributed by atoms with E-state index in [9.17, 15) is 13.2 Å². The van der Waals surface area contributed by atoms with Crippen LogP contribution in [0.15, 0.2) is 53.4 Å². The number of piperidine rings is 1. The van der Waals surface area contributed by atoms with Crippen molar-refractivity contribution in [2.45, 2.75) is 24.7 Å². The molecule has 0 radical (unpaired) electrons. The van der Waals surface area contributed by atoms with Gasteiger partial charge in [-0.1, -0.05) is 29.8 Å². The Morgan fingerprint density at radius 1 is 1.11 bits per heavy atom. The van der Waals surface area contributed by atoms with Crippen molar-refractivity contribution in [3.8, 4) is 0 Å². The maximum atomic E-state index is 12.9. The molecule has 7 heteroatoms. The number of para-hydroxylation sites is 1. The minimum atomic E-state index is -3.77. The zero-order valence-corrected chi connectivity index (χ0v) is 16.2. The number of carbonyl (C=O) groups is 1. The van der Waals surface area contributed by atoms with E-state index < -0.39 is 10.0 Å². The molecule has 1 heterocycles. The second-order valence-electron chi connectivity index (χ2n) is 6.94. The van der Waals surface area contributed by atoms with Gasteiger partial charge in [0.15, 0.2) is 0 Å². The van der Waals surface area contributed by atoms with E-state index in [4.69, 9.17) is 5.73 Å². The van der Waals surface area contributed by atoms with E-state index in [1.807, 2.05) is 6.92 Å². The zero-order valence-electron chi connectivity index (χ0n) is 15.4. The summed E-state index contributed by atoms with van der Waals surface area (Å²) in [4.78, 5) is 14.9. The molecule has 0 atom stereocenters. The van der Waals surface area contributed by atoms with Crippen LogP contribution in [0.1, 0.15) is 28.8 Å². The number of hydrogen-bond donors (Lipinski definition) is 2. The van der Waals surface area contributed by atoms with Crippen LogP contribution in [-0.2, 0) is 10.0 Å². The van der Waals surface area contributed by atoms with Crippen LogP contribution in [0, 0.1) is 12.8 Å². The molecule has 0 bridgehead atoms. The second kappa shape index (κ2) is 8.10. The van der Waals surface area contributed by atoms with Crippen molar-refractivity contribution in [3.05, 3.63) is 59.7 Å². The highest BCUT2D eigenvalue weighted by Crippen LogP contribution is 2.24. The van der Waals surface area contributed by atoms with Gasteiger partial charge in [-0.25, -0.2) is 8.42 Å². The van der Waals surface area contributed by atoms with Crippen molar-refractivity contribution in [3.63, 3.8) is 0 Å². The SMILES string of the molecule is Cc1ccc(S(=O)(=O)Nc2ccccc2C(=O)N2CCC(CN)CC2)cc1. The first-order valence-corrected chi connectivity index (χ1v) is 10.6. The number of amides is 1. The van der Waals surface area contributed by atoms with E-state index >= 15 is 0 Å². The van der Waals surface area contributed by atoms with Crippen molar-refractivity contribution in [1.29, 1.82) is 0 Å². The van der Waals surface area contributed by atoms with Crippen LogP contribution < -0.4 is 10.5 Å². The molecule has 3 N–H and O–H groups in total. The number of hydrogen-bond acceptors (Lipinski definition) is 4. The normalized spacial score (nSPS) is 15.6. The number of sulfonamides is 1. The predicted molar refractivity (Wildman–Crippen MR) is 106 cm³/mol. The lowest BCUT2D eigenvalue weighted by Gasteiger charge is -2.31. The van der Waals surface area contributed by atoms with Gasteiger partial charge in [0.25, 0.3) is 15.9 Å². The van der Waals surface area contributed by atoms with Gasteiger partial charge in [-0.15, -0.1) is 0 Å². The van der Waals surface area contributed by atoms with Crippen molar-refractivity contribution < 1.29 is 13.2 Å². The molecule has 0 aromatic heterocycles. The number of nitrogens with two attached hydrogens (primary N) is 1. The Bertz CT molecular complexity index is 902. The molecule has 1 fully saturated rings. The van der Waals surface area contributed by atoms with Crippen molar-refractivity contribution in [2.24, 2.45) is 11.7 Å². The zero-order chi connectivity index (χ0) is 19.4. The highest BCUT2D eigenvalue weighted by molar-refractivity contribution is 7.92. The van der Waals surface area contributed by atoms with Crippen LogP contribution >= 0.6 is 0 Å². The fraction of sp³-hybridized carbons (Fsp3) is 0.350. The highest BCUT2D eigenvalue weighted by atomic mass is 32.2. The molecule has 0 saturated carbocycles.